The molecule has 1 heterocycles. The third-order valence-corrected chi connectivity index (χ3v) is 3.17. The lowest BCUT2D eigenvalue weighted by atomic mass is 10.1. The molecule has 0 spiro atoms. The molecule has 0 atom stereocenters. The number of aromatic nitrogens is 1. The lowest BCUT2D eigenvalue weighted by Crippen LogP contribution is -1.89. The van der Waals surface area contributed by atoms with Crippen molar-refractivity contribution in [2.24, 2.45) is 0 Å². The molecule has 0 aliphatic rings. The van der Waals surface area contributed by atoms with Gasteiger partial charge in [-0.05, 0) is 42.8 Å². The Bertz CT molecular complexity index is 728. The maximum absolute atomic E-state index is 13.1. The van der Waals surface area contributed by atoms with E-state index in [1.54, 1.807) is 6.07 Å². The van der Waals surface area contributed by atoms with Gasteiger partial charge < -0.3 is 10.7 Å². The van der Waals surface area contributed by atoms with E-state index in [9.17, 15) is 4.39 Å². The first-order valence-electron chi connectivity index (χ1n) is 5.78. The molecule has 0 bridgehead atoms. The minimum Gasteiger partial charge on any atom is -0.398 e. The first-order chi connectivity index (χ1) is 8.63. The van der Waals surface area contributed by atoms with E-state index in [2.05, 4.69) is 4.98 Å². The predicted molar refractivity (Wildman–Crippen MR) is 72.8 cm³/mol. The van der Waals surface area contributed by atoms with Gasteiger partial charge >= 0.3 is 0 Å². The van der Waals surface area contributed by atoms with Crippen molar-refractivity contribution in [1.82, 2.24) is 4.98 Å². The molecule has 3 heteroatoms. The highest BCUT2D eigenvalue weighted by Gasteiger charge is 2.05. The third kappa shape index (κ3) is 1.74. The van der Waals surface area contributed by atoms with Crippen molar-refractivity contribution in [2.45, 2.75) is 6.92 Å². The maximum atomic E-state index is 13.1. The number of aromatic amines is 1. The molecule has 3 aromatic rings. The fourth-order valence-electron chi connectivity index (χ4n) is 2.07. The van der Waals surface area contributed by atoms with E-state index in [-0.39, 0.29) is 5.82 Å². The van der Waals surface area contributed by atoms with Crippen molar-refractivity contribution in [3.05, 3.63) is 53.8 Å². The Morgan fingerprint density at radius 1 is 1.06 bits per heavy atom. The number of anilines is 1. The number of hydrogen-bond donors (Lipinski definition) is 2. The number of nitrogen functional groups attached to an aromatic ring is 1. The van der Waals surface area contributed by atoms with Crippen LogP contribution in [0.4, 0.5) is 10.1 Å². The van der Waals surface area contributed by atoms with E-state index >= 15 is 0 Å². The molecule has 0 aliphatic heterocycles. The molecule has 0 unspecified atom stereocenters. The zero-order valence-corrected chi connectivity index (χ0v) is 10.00. The lowest BCUT2D eigenvalue weighted by molar-refractivity contribution is 0.630. The molecular weight excluding hydrogens is 227 g/mol. The van der Waals surface area contributed by atoms with Gasteiger partial charge in [0.1, 0.15) is 5.82 Å². The van der Waals surface area contributed by atoms with Crippen LogP contribution in [0.2, 0.25) is 0 Å². The predicted octanol–water partition coefficient (Wildman–Crippen LogP) is 3.86. The average molecular weight is 240 g/mol. The third-order valence-electron chi connectivity index (χ3n) is 3.17. The highest BCUT2D eigenvalue weighted by molar-refractivity contribution is 5.86. The van der Waals surface area contributed by atoms with Gasteiger partial charge in [-0.3, -0.25) is 0 Å². The van der Waals surface area contributed by atoms with Gasteiger partial charge in [0.15, 0.2) is 0 Å². The molecule has 0 saturated heterocycles. The van der Waals surface area contributed by atoms with Crippen molar-refractivity contribution in [3.8, 4) is 11.3 Å². The lowest BCUT2D eigenvalue weighted by Gasteiger charge is -2.02. The second kappa shape index (κ2) is 3.88. The molecule has 3 rings (SSSR count). The van der Waals surface area contributed by atoms with E-state index in [0.717, 1.165) is 33.4 Å². The Labute approximate surface area is 104 Å². The van der Waals surface area contributed by atoms with Crippen LogP contribution in [0.3, 0.4) is 0 Å². The zero-order valence-electron chi connectivity index (χ0n) is 10.00. The van der Waals surface area contributed by atoms with Crippen molar-refractivity contribution in [3.63, 3.8) is 0 Å². The standard InChI is InChI=1S/C15H13FN2/c1-9-2-3-10(7-13(9)17)15-8-11-6-12(16)4-5-14(11)18-15/h2-8,18H,17H2,1H3. The normalized spacial score (nSPS) is 11.0. The van der Waals surface area contributed by atoms with Crippen molar-refractivity contribution >= 4 is 16.6 Å². The fourth-order valence-corrected chi connectivity index (χ4v) is 2.07. The molecular formula is C15H13FN2. The second-order valence-electron chi connectivity index (χ2n) is 4.49. The Balaban J connectivity index is 2.16. The minimum atomic E-state index is -0.225. The molecule has 18 heavy (non-hydrogen) atoms. The number of benzene rings is 2. The van der Waals surface area contributed by atoms with E-state index in [1.165, 1.54) is 12.1 Å². The molecule has 0 aliphatic carbocycles. The van der Waals surface area contributed by atoms with Crippen LogP contribution in [0.5, 0.6) is 0 Å². The van der Waals surface area contributed by atoms with Gasteiger partial charge in [0.05, 0.1) is 0 Å². The SMILES string of the molecule is Cc1ccc(-c2cc3cc(F)ccc3[nH]2)cc1N. The van der Waals surface area contributed by atoms with Crippen LogP contribution in [-0.2, 0) is 0 Å². The summed E-state index contributed by atoms with van der Waals surface area (Å²) in [6.45, 7) is 1.97. The summed E-state index contributed by atoms with van der Waals surface area (Å²) in [6.07, 6.45) is 0. The van der Waals surface area contributed by atoms with Gasteiger partial charge in [-0.15, -0.1) is 0 Å². The molecule has 1 aromatic heterocycles. The van der Waals surface area contributed by atoms with Gasteiger partial charge in [0.25, 0.3) is 0 Å². The van der Waals surface area contributed by atoms with Crippen LogP contribution in [-0.4, -0.2) is 4.98 Å². The summed E-state index contributed by atoms with van der Waals surface area (Å²) in [5.41, 5.74) is 10.6. The van der Waals surface area contributed by atoms with Gasteiger partial charge in [0, 0.05) is 27.8 Å². The van der Waals surface area contributed by atoms with Gasteiger partial charge in [-0.25, -0.2) is 4.39 Å². The van der Waals surface area contributed by atoms with Crippen LogP contribution in [0.1, 0.15) is 5.56 Å². The topological polar surface area (TPSA) is 41.8 Å². The van der Waals surface area contributed by atoms with Crippen LogP contribution in [0, 0.1) is 12.7 Å². The Morgan fingerprint density at radius 3 is 2.67 bits per heavy atom. The number of nitrogens with two attached hydrogens (primary N) is 1. The number of rotatable bonds is 1. The molecule has 0 amide bonds. The van der Waals surface area contributed by atoms with E-state index in [1.807, 2.05) is 31.2 Å². The van der Waals surface area contributed by atoms with Gasteiger partial charge in [0.2, 0.25) is 0 Å². The monoisotopic (exact) mass is 240 g/mol. The molecule has 3 N–H and O–H groups in total. The van der Waals surface area contributed by atoms with E-state index in [0.29, 0.717) is 0 Å². The highest BCUT2D eigenvalue weighted by Crippen LogP contribution is 2.27. The van der Waals surface area contributed by atoms with E-state index in [4.69, 9.17) is 5.73 Å². The summed E-state index contributed by atoms with van der Waals surface area (Å²) in [4.78, 5) is 3.26. The van der Waals surface area contributed by atoms with Crippen molar-refractivity contribution in [2.75, 3.05) is 5.73 Å². The minimum absolute atomic E-state index is 0.225. The summed E-state index contributed by atoms with van der Waals surface area (Å²) in [6, 6.07) is 12.6. The Hall–Kier alpha value is -2.29. The molecule has 0 radical (unpaired) electrons. The first-order valence-corrected chi connectivity index (χ1v) is 5.78. The Morgan fingerprint density at radius 2 is 1.89 bits per heavy atom. The summed E-state index contributed by atoms with van der Waals surface area (Å²) in [5, 5.41) is 0.865. The molecule has 2 nitrogen and oxygen atoms in total. The van der Waals surface area contributed by atoms with Gasteiger partial charge in [-0.2, -0.15) is 0 Å². The number of halogens is 1. The summed E-state index contributed by atoms with van der Waals surface area (Å²) in [7, 11) is 0. The van der Waals surface area contributed by atoms with Crippen molar-refractivity contribution < 1.29 is 4.39 Å². The average Bonchev–Trinajstić information content (AvgIpc) is 2.75. The number of nitrogens with one attached hydrogen (secondary N) is 1. The van der Waals surface area contributed by atoms with Crippen LogP contribution in [0.25, 0.3) is 22.2 Å². The van der Waals surface area contributed by atoms with Crippen LogP contribution >= 0.6 is 0 Å². The number of hydrogen-bond acceptors (Lipinski definition) is 1. The maximum Gasteiger partial charge on any atom is 0.123 e. The summed E-state index contributed by atoms with van der Waals surface area (Å²) in [5.74, 6) is -0.225. The van der Waals surface area contributed by atoms with Gasteiger partial charge in [-0.1, -0.05) is 12.1 Å². The molecule has 0 saturated carbocycles. The largest absolute Gasteiger partial charge is 0.398 e. The number of aryl methyl sites for hydroxylation is 1. The molecule has 2 aromatic carbocycles. The number of fused-ring (bicyclic) bond motifs is 1. The molecule has 90 valence electrons. The Kier molecular flexibility index (Phi) is 2.33. The highest BCUT2D eigenvalue weighted by atomic mass is 19.1. The quantitative estimate of drug-likeness (QED) is 0.623. The second-order valence-corrected chi connectivity index (χ2v) is 4.49. The summed E-state index contributed by atoms with van der Waals surface area (Å²) >= 11 is 0. The fraction of sp³-hybridized carbons (Fsp3) is 0.0667. The first kappa shape index (κ1) is 10.8. The smallest absolute Gasteiger partial charge is 0.123 e. The summed E-state index contributed by atoms with van der Waals surface area (Å²) < 4.78 is 13.1. The van der Waals surface area contributed by atoms with E-state index < -0.39 is 0 Å². The number of H-pyrrole nitrogens is 1. The van der Waals surface area contributed by atoms with Crippen molar-refractivity contribution in [1.29, 1.82) is 0 Å². The van der Waals surface area contributed by atoms with Crippen LogP contribution < -0.4 is 5.73 Å². The van der Waals surface area contributed by atoms with Crippen LogP contribution in [0.15, 0.2) is 42.5 Å². The molecule has 0 fully saturated rings. The zero-order chi connectivity index (χ0) is 12.7.